The second-order valence-corrected chi connectivity index (χ2v) is 5.68. The number of carbonyl (C=O) groups excluding carboxylic acids is 1. The maximum Gasteiger partial charge on any atom is 0.238 e. The van der Waals surface area contributed by atoms with E-state index in [1.54, 1.807) is 6.07 Å². The molecule has 0 saturated heterocycles. The van der Waals surface area contributed by atoms with E-state index in [2.05, 4.69) is 5.32 Å². The Hall–Kier alpha value is -1.91. The minimum absolute atomic E-state index is 0.162. The number of nitrogens with zero attached hydrogens (tertiary/aromatic N) is 1. The van der Waals surface area contributed by atoms with Gasteiger partial charge in [-0.25, -0.2) is 0 Å². The van der Waals surface area contributed by atoms with Crippen molar-refractivity contribution in [2.75, 3.05) is 17.3 Å². The molecule has 0 fully saturated rings. The van der Waals surface area contributed by atoms with E-state index in [-0.39, 0.29) is 5.91 Å². The average Bonchev–Trinajstić information content (AvgIpc) is 2.74. The van der Waals surface area contributed by atoms with Gasteiger partial charge in [-0.15, -0.1) is 0 Å². The summed E-state index contributed by atoms with van der Waals surface area (Å²) in [5.41, 5.74) is 2.41. The smallest absolute Gasteiger partial charge is 0.238 e. The molecule has 1 N–H and O–H groups in total. The molecule has 0 aromatic heterocycles. The first-order valence-corrected chi connectivity index (χ1v) is 7.30. The van der Waals surface area contributed by atoms with Crippen LogP contribution in [0.1, 0.15) is 11.5 Å². The molecule has 1 aliphatic heterocycles. The lowest BCUT2D eigenvalue weighted by Gasteiger charge is -2.14. The van der Waals surface area contributed by atoms with Crippen molar-refractivity contribution in [2.45, 2.75) is 5.92 Å². The lowest BCUT2D eigenvalue weighted by molar-refractivity contribution is -0.116. The quantitative estimate of drug-likeness (QED) is 0.854. The number of benzene rings is 2. The first kappa shape index (κ1) is 14.0. The fourth-order valence-corrected chi connectivity index (χ4v) is 3.12. The van der Waals surface area contributed by atoms with Crippen LogP contribution in [0.5, 0.6) is 0 Å². The van der Waals surface area contributed by atoms with Crippen molar-refractivity contribution in [3.63, 3.8) is 0 Å². The number of likely N-dealkylation sites (N-methyl/N-ethyl adjacent to an activating group) is 1. The van der Waals surface area contributed by atoms with Gasteiger partial charge in [0.1, 0.15) is 5.92 Å². The molecule has 0 aliphatic carbocycles. The number of halogens is 1. The number of rotatable bonds is 2. The molecule has 5 heteroatoms. The molecule has 0 bridgehead atoms. The summed E-state index contributed by atoms with van der Waals surface area (Å²) < 4.78 is 0. The summed E-state index contributed by atoms with van der Waals surface area (Å²) in [5.74, 6) is -0.696. The average molecular weight is 317 g/mol. The molecule has 2 aromatic carbocycles. The molecule has 1 atom stereocenters. The van der Waals surface area contributed by atoms with E-state index in [1.807, 2.05) is 54.4 Å². The standard InChI is InChI=1S/C16H13ClN2OS/c1-19-12-9-5-8-11(17)13(12)14(16(19)21)15(20)18-10-6-3-2-4-7-10/h2-9,14H,1H3,(H,18,20). The zero-order valence-corrected chi connectivity index (χ0v) is 12.9. The highest BCUT2D eigenvalue weighted by Crippen LogP contribution is 2.42. The highest BCUT2D eigenvalue weighted by atomic mass is 35.5. The summed E-state index contributed by atoms with van der Waals surface area (Å²) in [6, 6.07) is 14.9. The lowest BCUT2D eigenvalue weighted by atomic mass is 10.00. The third kappa shape index (κ3) is 2.41. The predicted molar refractivity (Wildman–Crippen MR) is 90.3 cm³/mol. The van der Waals surface area contributed by atoms with Crippen LogP contribution in [0.15, 0.2) is 48.5 Å². The second kappa shape index (κ2) is 5.47. The molecule has 0 saturated carbocycles. The summed E-state index contributed by atoms with van der Waals surface area (Å²) in [6.45, 7) is 0. The number of fused-ring (bicyclic) bond motifs is 1. The topological polar surface area (TPSA) is 32.3 Å². The van der Waals surface area contributed by atoms with E-state index in [9.17, 15) is 4.79 Å². The maximum absolute atomic E-state index is 12.6. The fraction of sp³-hybridized carbons (Fsp3) is 0.125. The van der Waals surface area contributed by atoms with Crippen LogP contribution in [0.3, 0.4) is 0 Å². The Kier molecular flexibility index (Phi) is 3.66. The molecule has 3 rings (SSSR count). The Morgan fingerprint density at radius 2 is 1.90 bits per heavy atom. The molecule has 106 valence electrons. The Morgan fingerprint density at radius 3 is 2.62 bits per heavy atom. The van der Waals surface area contributed by atoms with Crippen molar-refractivity contribution in [2.24, 2.45) is 0 Å². The van der Waals surface area contributed by atoms with Crippen molar-refractivity contribution < 1.29 is 4.79 Å². The highest BCUT2D eigenvalue weighted by Gasteiger charge is 2.38. The largest absolute Gasteiger partial charge is 0.338 e. The molecule has 2 aromatic rings. The van der Waals surface area contributed by atoms with Crippen LogP contribution < -0.4 is 10.2 Å². The van der Waals surface area contributed by atoms with Gasteiger partial charge in [-0.2, -0.15) is 0 Å². The molecule has 21 heavy (non-hydrogen) atoms. The first-order valence-electron chi connectivity index (χ1n) is 6.51. The van der Waals surface area contributed by atoms with Gasteiger partial charge in [0.25, 0.3) is 0 Å². The zero-order valence-electron chi connectivity index (χ0n) is 11.3. The Balaban J connectivity index is 1.96. The first-order chi connectivity index (χ1) is 10.1. The normalized spacial score (nSPS) is 16.8. The highest BCUT2D eigenvalue weighted by molar-refractivity contribution is 7.80. The molecular weight excluding hydrogens is 304 g/mol. The van der Waals surface area contributed by atoms with Crippen LogP contribution in [0.2, 0.25) is 5.02 Å². The van der Waals surface area contributed by atoms with Crippen molar-refractivity contribution in [1.29, 1.82) is 0 Å². The van der Waals surface area contributed by atoms with E-state index in [1.165, 1.54) is 0 Å². The van der Waals surface area contributed by atoms with E-state index in [4.69, 9.17) is 23.8 Å². The van der Waals surface area contributed by atoms with E-state index >= 15 is 0 Å². The van der Waals surface area contributed by atoms with Gasteiger partial charge in [0.15, 0.2) is 0 Å². The van der Waals surface area contributed by atoms with Crippen LogP contribution in [0.25, 0.3) is 0 Å². The minimum Gasteiger partial charge on any atom is -0.338 e. The van der Waals surface area contributed by atoms with E-state index in [0.717, 1.165) is 16.9 Å². The molecule has 1 heterocycles. The maximum atomic E-state index is 12.6. The number of anilines is 2. The van der Waals surface area contributed by atoms with Gasteiger partial charge >= 0.3 is 0 Å². The van der Waals surface area contributed by atoms with Gasteiger partial charge in [0, 0.05) is 29.0 Å². The van der Waals surface area contributed by atoms with Gasteiger partial charge in [-0.3, -0.25) is 4.79 Å². The molecule has 0 radical (unpaired) electrons. The summed E-state index contributed by atoms with van der Waals surface area (Å²) in [7, 11) is 1.85. The van der Waals surface area contributed by atoms with Crippen LogP contribution in [-0.2, 0) is 4.79 Å². The summed E-state index contributed by atoms with van der Waals surface area (Å²) >= 11 is 11.7. The zero-order chi connectivity index (χ0) is 15.0. The van der Waals surface area contributed by atoms with Crippen molar-refractivity contribution in [1.82, 2.24) is 0 Å². The van der Waals surface area contributed by atoms with Gasteiger partial charge in [0.2, 0.25) is 5.91 Å². The van der Waals surface area contributed by atoms with E-state index < -0.39 is 5.92 Å². The number of carbonyl (C=O) groups is 1. The van der Waals surface area contributed by atoms with Crippen molar-refractivity contribution in [3.8, 4) is 0 Å². The summed E-state index contributed by atoms with van der Waals surface area (Å²) in [6.07, 6.45) is 0. The lowest BCUT2D eigenvalue weighted by Crippen LogP contribution is -2.30. The number of thiocarbonyl (C=S) groups is 1. The van der Waals surface area contributed by atoms with Crippen LogP contribution in [0, 0.1) is 0 Å². The predicted octanol–water partition coefficient (Wildman–Crippen LogP) is 3.84. The number of nitrogens with one attached hydrogen (secondary N) is 1. The molecule has 1 unspecified atom stereocenters. The van der Waals surface area contributed by atoms with E-state index in [0.29, 0.717) is 10.0 Å². The molecule has 3 nitrogen and oxygen atoms in total. The number of hydrogen-bond donors (Lipinski definition) is 1. The molecule has 0 spiro atoms. The van der Waals surface area contributed by atoms with Gasteiger partial charge < -0.3 is 10.2 Å². The number of para-hydroxylation sites is 1. The fourth-order valence-electron chi connectivity index (χ4n) is 2.52. The number of hydrogen-bond acceptors (Lipinski definition) is 2. The molecule has 1 amide bonds. The monoisotopic (exact) mass is 316 g/mol. The third-order valence-electron chi connectivity index (χ3n) is 3.56. The van der Waals surface area contributed by atoms with Crippen LogP contribution >= 0.6 is 23.8 Å². The van der Waals surface area contributed by atoms with Gasteiger partial charge in [-0.1, -0.05) is 48.1 Å². The Labute approximate surface area is 133 Å². The van der Waals surface area contributed by atoms with Crippen LogP contribution in [0.4, 0.5) is 11.4 Å². The Morgan fingerprint density at radius 1 is 1.19 bits per heavy atom. The third-order valence-corrected chi connectivity index (χ3v) is 4.40. The Bertz CT molecular complexity index is 717. The number of amides is 1. The second-order valence-electron chi connectivity index (χ2n) is 4.86. The van der Waals surface area contributed by atoms with Crippen molar-refractivity contribution >= 4 is 46.1 Å². The summed E-state index contributed by atoms with van der Waals surface area (Å²) in [5, 5.41) is 3.45. The van der Waals surface area contributed by atoms with Gasteiger partial charge in [0.05, 0.1) is 4.99 Å². The van der Waals surface area contributed by atoms with Crippen LogP contribution in [-0.4, -0.2) is 17.9 Å². The van der Waals surface area contributed by atoms with Gasteiger partial charge in [-0.05, 0) is 24.3 Å². The SMILES string of the molecule is CN1C(=S)C(C(=O)Nc2ccccc2)c2c(Cl)cccc21. The summed E-state index contributed by atoms with van der Waals surface area (Å²) in [4.78, 5) is 15.0. The van der Waals surface area contributed by atoms with Crippen molar-refractivity contribution in [3.05, 3.63) is 59.1 Å². The molecular formula is C16H13ClN2OS. The minimum atomic E-state index is -0.533. The molecule has 1 aliphatic rings.